The van der Waals surface area contributed by atoms with Crippen molar-refractivity contribution in [2.75, 3.05) is 59.5 Å². The minimum atomic E-state index is 0.0295. The number of hydrogen-bond acceptors (Lipinski definition) is 6. The maximum absolute atomic E-state index is 6.51. The lowest BCUT2D eigenvalue weighted by Gasteiger charge is -2.58. The van der Waals surface area contributed by atoms with Gasteiger partial charge < -0.3 is 23.7 Å². The summed E-state index contributed by atoms with van der Waals surface area (Å²) in [7, 11) is 0. The Hall–Kier alpha value is -1.02. The van der Waals surface area contributed by atoms with Crippen LogP contribution in [-0.4, -0.2) is 82.7 Å². The number of rotatable bonds is 34. The van der Waals surface area contributed by atoms with Crippen molar-refractivity contribution in [3.8, 4) is 0 Å². The second-order valence-electron chi connectivity index (χ2n) is 22.6. The van der Waals surface area contributed by atoms with Crippen molar-refractivity contribution in [2.45, 2.75) is 227 Å². The first-order valence-corrected chi connectivity index (χ1v) is 27.9. The van der Waals surface area contributed by atoms with Crippen LogP contribution in [0.4, 0.5) is 0 Å². The lowest BCUT2D eigenvalue weighted by Crippen LogP contribution is -2.51. The van der Waals surface area contributed by atoms with Crippen molar-refractivity contribution in [2.24, 2.45) is 46.3 Å². The van der Waals surface area contributed by atoms with Gasteiger partial charge in [0, 0.05) is 19.2 Å². The standard InChI is InChI=1S/C58H103NO5/c1-8-9-10-11-12-13-14-15-16-17-18-19-20-21-22-23-38-61-46-62-45-52(44-59-37-25-28-49(59)5)64-42-40-60-39-41-63-51-33-35-57(6)50(43-51)29-30-53-55-32-31-54(48(4)27-24-26-47(2)3)58(55,7)36-34-56(53)57/h12-13,15-16,29,47-49,51-56H,8-11,14,17-28,30-46H2,1-7H3/b13-12-,16-15-/t48-,49?,51+,52?,53+,54-,55+,56+,57+,58-/m1/s1. The number of unbranched alkanes of at least 4 members (excludes halogenated alkanes) is 9. The van der Waals surface area contributed by atoms with Crippen molar-refractivity contribution in [3.05, 3.63) is 36.0 Å². The molecule has 0 N–H and O–H groups in total. The minimum Gasteiger partial charge on any atom is -0.377 e. The molecule has 0 aromatic carbocycles. The van der Waals surface area contributed by atoms with Crippen LogP contribution in [0.15, 0.2) is 36.0 Å². The summed E-state index contributed by atoms with van der Waals surface area (Å²) in [6.45, 7) is 23.6. The highest BCUT2D eigenvalue weighted by atomic mass is 16.7. The van der Waals surface area contributed by atoms with Crippen LogP contribution in [-0.2, 0) is 23.7 Å². The molecule has 6 nitrogen and oxygen atoms in total. The van der Waals surface area contributed by atoms with E-state index in [1.54, 1.807) is 5.57 Å². The molecule has 4 fully saturated rings. The second kappa shape index (κ2) is 29.8. The number of hydrogen-bond donors (Lipinski definition) is 0. The van der Waals surface area contributed by atoms with E-state index in [1.807, 2.05) is 0 Å². The molecule has 4 aliphatic carbocycles. The summed E-state index contributed by atoms with van der Waals surface area (Å²) in [6.07, 6.45) is 45.1. The van der Waals surface area contributed by atoms with E-state index in [-0.39, 0.29) is 6.10 Å². The molecule has 10 atom stereocenters. The van der Waals surface area contributed by atoms with Gasteiger partial charge in [-0.2, -0.15) is 0 Å². The number of fused-ring (bicyclic) bond motifs is 5. The van der Waals surface area contributed by atoms with Gasteiger partial charge in [0.1, 0.15) is 6.79 Å². The molecule has 0 aromatic rings. The third-order valence-electron chi connectivity index (χ3n) is 17.5. The summed E-state index contributed by atoms with van der Waals surface area (Å²) in [5, 5.41) is 0. The van der Waals surface area contributed by atoms with Crippen LogP contribution in [0.3, 0.4) is 0 Å². The van der Waals surface area contributed by atoms with Gasteiger partial charge in [0.15, 0.2) is 0 Å². The molecular weight excluding hydrogens is 791 g/mol. The summed E-state index contributed by atoms with van der Waals surface area (Å²) in [6, 6.07) is 0.611. The Morgan fingerprint density at radius 1 is 0.734 bits per heavy atom. The second-order valence-corrected chi connectivity index (χ2v) is 22.6. The summed E-state index contributed by atoms with van der Waals surface area (Å²) in [5.74, 6) is 5.33. The predicted octanol–water partition coefficient (Wildman–Crippen LogP) is 15.1. The van der Waals surface area contributed by atoms with Crippen molar-refractivity contribution < 1.29 is 23.7 Å². The van der Waals surface area contributed by atoms with Crippen molar-refractivity contribution in [1.82, 2.24) is 4.90 Å². The molecule has 1 saturated heterocycles. The zero-order valence-electron chi connectivity index (χ0n) is 43.1. The summed E-state index contributed by atoms with van der Waals surface area (Å²) >= 11 is 0. The topological polar surface area (TPSA) is 49.4 Å². The normalized spacial score (nSPS) is 30.6. The molecule has 64 heavy (non-hydrogen) atoms. The molecule has 2 unspecified atom stereocenters. The third kappa shape index (κ3) is 17.2. The van der Waals surface area contributed by atoms with E-state index in [0.29, 0.717) is 62.8 Å². The van der Waals surface area contributed by atoms with Gasteiger partial charge >= 0.3 is 0 Å². The van der Waals surface area contributed by atoms with Gasteiger partial charge in [0.25, 0.3) is 0 Å². The van der Waals surface area contributed by atoms with E-state index in [9.17, 15) is 0 Å². The van der Waals surface area contributed by atoms with Gasteiger partial charge in [0.05, 0.1) is 45.2 Å². The van der Waals surface area contributed by atoms with Gasteiger partial charge in [-0.1, -0.05) is 135 Å². The zero-order chi connectivity index (χ0) is 45.5. The Kier molecular flexibility index (Phi) is 25.1. The van der Waals surface area contributed by atoms with E-state index in [2.05, 4.69) is 83.7 Å². The van der Waals surface area contributed by atoms with Crippen molar-refractivity contribution >= 4 is 0 Å². The molecule has 0 amide bonds. The average Bonchev–Trinajstić information content (AvgIpc) is 3.86. The molecule has 5 aliphatic rings. The largest absolute Gasteiger partial charge is 0.377 e. The number of ether oxygens (including phenoxy) is 5. The van der Waals surface area contributed by atoms with Gasteiger partial charge in [-0.25, -0.2) is 0 Å². The van der Waals surface area contributed by atoms with Crippen LogP contribution in [0.25, 0.3) is 0 Å². The maximum Gasteiger partial charge on any atom is 0.146 e. The fraction of sp³-hybridized carbons (Fsp3) is 0.897. The number of nitrogens with zero attached hydrogens (tertiary/aromatic N) is 1. The zero-order valence-corrected chi connectivity index (χ0v) is 43.1. The molecule has 6 heteroatoms. The summed E-state index contributed by atoms with van der Waals surface area (Å²) in [5.41, 5.74) is 2.66. The van der Waals surface area contributed by atoms with Crippen LogP contribution in [0.2, 0.25) is 0 Å². The van der Waals surface area contributed by atoms with Crippen LogP contribution in [0.5, 0.6) is 0 Å². The SMILES string of the molecule is CCCCC/C=C\C/C=C\CCCCCCCCOCOCC(CN1CCCC1C)OCCOCCO[C@H]1CC[C@@]2(C)C(=CC[C@H]3[C@@H]4CC[C@H]([C@H](C)CCCC(C)C)[C@@]4(C)CC[C@@H]32)C1. The molecule has 0 bridgehead atoms. The molecule has 3 saturated carbocycles. The molecule has 370 valence electrons. The van der Waals surface area contributed by atoms with E-state index in [4.69, 9.17) is 23.7 Å². The number of allylic oxidation sites excluding steroid dienone is 5. The Morgan fingerprint density at radius 2 is 1.50 bits per heavy atom. The first kappa shape index (κ1) is 53.9. The molecule has 0 aromatic heterocycles. The molecular formula is C58H103NO5. The van der Waals surface area contributed by atoms with E-state index in [1.165, 1.54) is 141 Å². The van der Waals surface area contributed by atoms with Gasteiger partial charge in [0.2, 0.25) is 0 Å². The molecule has 1 aliphatic heterocycles. The monoisotopic (exact) mass is 894 g/mol. The molecule has 0 spiro atoms. The highest BCUT2D eigenvalue weighted by molar-refractivity contribution is 5.25. The van der Waals surface area contributed by atoms with Crippen LogP contribution in [0, 0.1) is 46.3 Å². The third-order valence-corrected chi connectivity index (χ3v) is 17.5. The first-order valence-electron chi connectivity index (χ1n) is 27.9. The Labute approximate surface area is 396 Å². The Balaban J connectivity index is 0.896. The predicted molar refractivity (Wildman–Crippen MR) is 270 cm³/mol. The van der Waals surface area contributed by atoms with Crippen molar-refractivity contribution in [1.29, 1.82) is 0 Å². The van der Waals surface area contributed by atoms with E-state index in [0.717, 1.165) is 74.5 Å². The van der Waals surface area contributed by atoms with E-state index >= 15 is 0 Å². The quantitative estimate of drug-likeness (QED) is 0.0364. The van der Waals surface area contributed by atoms with Gasteiger partial charge in [-0.3, -0.25) is 4.90 Å². The Bertz CT molecular complexity index is 1330. The molecule has 0 radical (unpaired) electrons. The summed E-state index contributed by atoms with van der Waals surface area (Å²) < 4.78 is 30.8. The van der Waals surface area contributed by atoms with E-state index < -0.39 is 0 Å². The molecule has 1 heterocycles. The van der Waals surface area contributed by atoms with Gasteiger partial charge in [-0.05, 0) is 163 Å². The summed E-state index contributed by atoms with van der Waals surface area (Å²) in [4.78, 5) is 2.55. The lowest BCUT2D eigenvalue weighted by molar-refractivity contribution is -0.105. The van der Waals surface area contributed by atoms with Crippen LogP contribution in [0.1, 0.15) is 209 Å². The maximum atomic E-state index is 6.51. The smallest absolute Gasteiger partial charge is 0.146 e. The minimum absolute atomic E-state index is 0.0295. The van der Waals surface area contributed by atoms with Crippen LogP contribution < -0.4 is 0 Å². The molecule has 5 rings (SSSR count). The highest BCUT2D eigenvalue weighted by Crippen LogP contribution is 2.67. The van der Waals surface area contributed by atoms with Crippen molar-refractivity contribution in [3.63, 3.8) is 0 Å². The Morgan fingerprint density at radius 3 is 2.27 bits per heavy atom. The van der Waals surface area contributed by atoms with Gasteiger partial charge in [-0.15, -0.1) is 0 Å². The first-order chi connectivity index (χ1) is 31.2. The average molecular weight is 894 g/mol. The lowest BCUT2D eigenvalue weighted by atomic mass is 9.47. The number of likely N-dealkylation sites (tertiary alicyclic amines) is 1. The fourth-order valence-corrected chi connectivity index (χ4v) is 13.6. The highest BCUT2D eigenvalue weighted by Gasteiger charge is 2.59. The van der Waals surface area contributed by atoms with Crippen LogP contribution >= 0.6 is 0 Å². The fourth-order valence-electron chi connectivity index (χ4n) is 13.6.